The van der Waals surface area contributed by atoms with E-state index in [0.29, 0.717) is 0 Å². The van der Waals surface area contributed by atoms with Crippen LogP contribution in [0.25, 0.3) is 0 Å². The normalized spacial score (nSPS) is 15.2. The fraction of sp³-hybridized carbons (Fsp3) is 0.467. The zero-order valence-electron chi connectivity index (χ0n) is 11.7. The Morgan fingerprint density at radius 3 is 2.63 bits per heavy atom. The highest BCUT2D eigenvalue weighted by molar-refractivity contribution is 5.47. The Labute approximate surface area is 115 Å². The van der Waals surface area contributed by atoms with Crippen molar-refractivity contribution in [1.82, 2.24) is 10.2 Å². The van der Waals surface area contributed by atoms with Crippen molar-refractivity contribution in [2.24, 2.45) is 0 Å². The van der Waals surface area contributed by atoms with Crippen molar-refractivity contribution in [3.8, 4) is 11.5 Å². The fourth-order valence-electron chi connectivity index (χ4n) is 2.41. The van der Waals surface area contributed by atoms with Crippen molar-refractivity contribution in [3.05, 3.63) is 36.0 Å². The van der Waals surface area contributed by atoms with Crippen molar-refractivity contribution in [3.63, 3.8) is 0 Å². The molecule has 2 rings (SSSR count). The van der Waals surface area contributed by atoms with Crippen LogP contribution in [-0.2, 0) is 6.42 Å². The van der Waals surface area contributed by atoms with Crippen LogP contribution in [-0.4, -0.2) is 45.3 Å². The van der Waals surface area contributed by atoms with Gasteiger partial charge >= 0.3 is 0 Å². The monoisotopic (exact) mass is 262 g/mol. The van der Waals surface area contributed by atoms with Crippen molar-refractivity contribution in [1.29, 1.82) is 0 Å². The first-order valence-electron chi connectivity index (χ1n) is 6.59. The number of benzene rings is 1. The summed E-state index contributed by atoms with van der Waals surface area (Å²) in [5, 5.41) is 3.35. The van der Waals surface area contributed by atoms with Crippen LogP contribution in [0.4, 0.5) is 0 Å². The van der Waals surface area contributed by atoms with Crippen LogP contribution in [0.3, 0.4) is 0 Å². The van der Waals surface area contributed by atoms with Gasteiger partial charge in [-0.25, -0.2) is 0 Å². The number of ether oxygens (including phenoxy) is 2. The number of hydrogen-bond acceptors (Lipinski definition) is 4. The van der Waals surface area contributed by atoms with E-state index in [0.717, 1.165) is 55.4 Å². The van der Waals surface area contributed by atoms with Gasteiger partial charge in [0.25, 0.3) is 0 Å². The highest BCUT2D eigenvalue weighted by Crippen LogP contribution is 2.32. The summed E-state index contributed by atoms with van der Waals surface area (Å²) in [6.45, 7) is 8.29. The minimum Gasteiger partial charge on any atom is -0.493 e. The van der Waals surface area contributed by atoms with E-state index in [1.54, 1.807) is 14.2 Å². The topological polar surface area (TPSA) is 33.7 Å². The largest absolute Gasteiger partial charge is 0.493 e. The number of piperazine rings is 1. The molecule has 1 aromatic rings. The maximum atomic E-state index is 5.46. The van der Waals surface area contributed by atoms with E-state index in [9.17, 15) is 0 Å². The average Bonchev–Trinajstić information content (AvgIpc) is 2.47. The van der Waals surface area contributed by atoms with Gasteiger partial charge in [-0.3, -0.25) is 0 Å². The van der Waals surface area contributed by atoms with Gasteiger partial charge in [0.15, 0.2) is 11.5 Å². The van der Waals surface area contributed by atoms with Gasteiger partial charge < -0.3 is 19.7 Å². The van der Waals surface area contributed by atoms with Crippen LogP contribution in [0.5, 0.6) is 11.5 Å². The van der Waals surface area contributed by atoms with Crippen LogP contribution < -0.4 is 14.8 Å². The molecular formula is C15H22N2O2. The Bertz CT molecular complexity index is 440. The Morgan fingerprint density at radius 2 is 2.00 bits per heavy atom. The molecule has 0 bridgehead atoms. The number of hydrogen-bond donors (Lipinski definition) is 1. The Hall–Kier alpha value is -1.68. The first-order valence-corrected chi connectivity index (χ1v) is 6.59. The first kappa shape index (κ1) is 13.7. The number of allylic oxidation sites excluding steroid dienone is 1. The molecule has 1 heterocycles. The zero-order chi connectivity index (χ0) is 13.7. The third-order valence-corrected chi connectivity index (χ3v) is 3.44. The van der Waals surface area contributed by atoms with Crippen molar-refractivity contribution < 1.29 is 9.47 Å². The Balaban J connectivity index is 2.11. The van der Waals surface area contributed by atoms with Gasteiger partial charge in [-0.2, -0.15) is 0 Å². The summed E-state index contributed by atoms with van der Waals surface area (Å²) < 4.78 is 10.8. The Morgan fingerprint density at radius 1 is 1.26 bits per heavy atom. The van der Waals surface area contributed by atoms with Crippen LogP contribution >= 0.6 is 0 Å². The van der Waals surface area contributed by atoms with Crippen LogP contribution in [0, 0.1) is 0 Å². The minimum atomic E-state index is 0.771. The third kappa shape index (κ3) is 3.20. The lowest BCUT2D eigenvalue weighted by Crippen LogP contribution is -2.42. The lowest BCUT2D eigenvalue weighted by Gasteiger charge is -2.31. The molecule has 1 aliphatic heterocycles. The SMILES string of the molecule is C=C(Cc1cccc(OC)c1OC)N1CCNCC1. The lowest BCUT2D eigenvalue weighted by molar-refractivity contribution is 0.293. The van der Waals surface area contributed by atoms with E-state index in [4.69, 9.17) is 9.47 Å². The van der Waals surface area contributed by atoms with Crippen LogP contribution in [0.2, 0.25) is 0 Å². The fourth-order valence-corrected chi connectivity index (χ4v) is 2.41. The van der Waals surface area contributed by atoms with E-state index < -0.39 is 0 Å². The van der Waals surface area contributed by atoms with Gasteiger partial charge in [0.05, 0.1) is 14.2 Å². The summed E-state index contributed by atoms with van der Waals surface area (Å²) in [4.78, 5) is 2.33. The van der Waals surface area contributed by atoms with Gasteiger partial charge in [-0.05, 0) is 6.07 Å². The molecule has 1 N–H and O–H groups in total. The van der Waals surface area contributed by atoms with Crippen molar-refractivity contribution in [2.45, 2.75) is 6.42 Å². The van der Waals surface area contributed by atoms with Crippen LogP contribution in [0.15, 0.2) is 30.5 Å². The molecule has 0 spiro atoms. The van der Waals surface area contributed by atoms with E-state index in [1.165, 1.54) is 0 Å². The van der Waals surface area contributed by atoms with Crippen molar-refractivity contribution in [2.75, 3.05) is 40.4 Å². The van der Waals surface area contributed by atoms with Crippen LogP contribution in [0.1, 0.15) is 5.56 Å². The summed E-state index contributed by atoms with van der Waals surface area (Å²) in [6.07, 6.45) is 0.792. The van der Waals surface area contributed by atoms with Crippen molar-refractivity contribution >= 4 is 0 Å². The lowest BCUT2D eigenvalue weighted by atomic mass is 10.1. The molecule has 0 aliphatic carbocycles. The summed E-state index contributed by atoms with van der Waals surface area (Å²) in [5.41, 5.74) is 2.25. The van der Waals surface area contributed by atoms with Gasteiger partial charge in [0.1, 0.15) is 0 Å². The number of para-hydroxylation sites is 1. The second-order valence-electron chi connectivity index (χ2n) is 4.63. The number of nitrogens with zero attached hydrogens (tertiary/aromatic N) is 1. The highest BCUT2D eigenvalue weighted by atomic mass is 16.5. The van der Waals surface area contributed by atoms with E-state index in [2.05, 4.69) is 22.9 Å². The molecule has 0 aromatic heterocycles. The molecule has 0 amide bonds. The molecule has 19 heavy (non-hydrogen) atoms. The maximum Gasteiger partial charge on any atom is 0.164 e. The molecule has 1 fully saturated rings. The summed E-state index contributed by atoms with van der Waals surface area (Å²) >= 11 is 0. The number of rotatable bonds is 5. The molecule has 0 radical (unpaired) electrons. The van der Waals surface area contributed by atoms with E-state index in [1.807, 2.05) is 12.1 Å². The molecule has 1 aliphatic rings. The molecule has 0 saturated carbocycles. The maximum absolute atomic E-state index is 5.46. The third-order valence-electron chi connectivity index (χ3n) is 3.44. The predicted molar refractivity (Wildman–Crippen MR) is 76.8 cm³/mol. The second-order valence-corrected chi connectivity index (χ2v) is 4.63. The number of methoxy groups -OCH3 is 2. The number of nitrogens with one attached hydrogen (secondary N) is 1. The minimum absolute atomic E-state index is 0.771. The average molecular weight is 262 g/mol. The van der Waals surface area contributed by atoms with Gasteiger partial charge in [-0.15, -0.1) is 0 Å². The predicted octanol–water partition coefficient (Wildman–Crippen LogP) is 1.67. The summed E-state index contributed by atoms with van der Waals surface area (Å²) in [6, 6.07) is 5.96. The van der Waals surface area contributed by atoms with E-state index >= 15 is 0 Å². The van der Waals surface area contributed by atoms with E-state index in [-0.39, 0.29) is 0 Å². The molecule has 1 aromatic carbocycles. The molecule has 0 atom stereocenters. The molecule has 0 unspecified atom stereocenters. The molecule has 104 valence electrons. The quantitative estimate of drug-likeness (QED) is 0.875. The van der Waals surface area contributed by atoms with Gasteiger partial charge in [0.2, 0.25) is 0 Å². The first-order chi connectivity index (χ1) is 9.26. The molecule has 4 heteroatoms. The molecule has 1 saturated heterocycles. The Kier molecular flexibility index (Phi) is 4.68. The van der Waals surface area contributed by atoms with Gasteiger partial charge in [0, 0.05) is 43.9 Å². The van der Waals surface area contributed by atoms with Gasteiger partial charge in [-0.1, -0.05) is 18.7 Å². The molecule has 4 nitrogen and oxygen atoms in total. The standard InChI is InChI=1S/C15H22N2O2/c1-12(17-9-7-16-8-10-17)11-13-5-4-6-14(18-2)15(13)19-3/h4-6,16H,1,7-11H2,2-3H3. The molecular weight excluding hydrogens is 240 g/mol. The second kappa shape index (κ2) is 6.48. The zero-order valence-corrected chi connectivity index (χ0v) is 11.7. The summed E-state index contributed by atoms with van der Waals surface area (Å²) in [5.74, 6) is 1.58. The summed E-state index contributed by atoms with van der Waals surface area (Å²) in [7, 11) is 3.34. The highest BCUT2D eigenvalue weighted by Gasteiger charge is 2.15. The smallest absolute Gasteiger partial charge is 0.164 e.